The summed E-state index contributed by atoms with van der Waals surface area (Å²) in [6.45, 7) is 5.13. The van der Waals surface area contributed by atoms with Crippen LogP contribution in [0.3, 0.4) is 0 Å². The van der Waals surface area contributed by atoms with Gasteiger partial charge < -0.3 is 9.84 Å². The highest BCUT2D eigenvalue weighted by atomic mass is 32.2. The standard InChI is InChI=1S/C12H19NO4S/c1-8-5-11(6-9(2)12(8)14)13-18(15,16)7-10(3)17-4/h5-6,10,13-14H,7H2,1-4H3/t10-/m1/s1. The van der Waals surface area contributed by atoms with Crippen LogP contribution in [0.2, 0.25) is 0 Å². The minimum Gasteiger partial charge on any atom is -0.507 e. The van der Waals surface area contributed by atoms with Crippen LogP contribution >= 0.6 is 0 Å². The van der Waals surface area contributed by atoms with Gasteiger partial charge in [0, 0.05) is 12.8 Å². The molecule has 0 fully saturated rings. The van der Waals surface area contributed by atoms with E-state index < -0.39 is 10.0 Å². The number of benzene rings is 1. The van der Waals surface area contributed by atoms with E-state index in [-0.39, 0.29) is 17.6 Å². The number of sulfonamides is 1. The summed E-state index contributed by atoms with van der Waals surface area (Å²) in [6, 6.07) is 3.19. The summed E-state index contributed by atoms with van der Waals surface area (Å²) >= 11 is 0. The first-order valence-electron chi connectivity index (χ1n) is 5.58. The van der Waals surface area contributed by atoms with Gasteiger partial charge in [0.2, 0.25) is 10.0 Å². The largest absolute Gasteiger partial charge is 0.507 e. The minimum absolute atomic E-state index is 0.109. The van der Waals surface area contributed by atoms with Crippen LogP contribution in [0.1, 0.15) is 18.1 Å². The van der Waals surface area contributed by atoms with Crippen molar-refractivity contribution in [3.63, 3.8) is 0 Å². The summed E-state index contributed by atoms with van der Waals surface area (Å²) in [5, 5.41) is 9.62. The molecule has 18 heavy (non-hydrogen) atoms. The Morgan fingerprint density at radius 1 is 1.33 bits per heavy atom. The van der Waals surface area contributed by atoms with Crippen molar-refractivity contribution in [2.45, 2.75) is 26.9 Å². The Kier molecular flexibility index (Phi) is 4.59. The van der Waals surface area contributed by atoms with Crippen LogP contribution in [0.25, 0.3) is 0 Å². The van der Waals surface area contributed by atoms with Gasteiger partial charge in [0.15, 0.2) is 0 Å². The van der Waals surface area contributed by atoms with Gasteiger partial charge >= 0.3 is 0 Å². The first-order chi connectivity index (χ1) is 8.25. The number of aromatic hydroxyl groups is 1. The fraction of sp³-hybridized carbons (Fsp3) is 0.500. The molecular weight excluding hydrogens is 254 g/mol. The fourth-order valence-electron chi connectivity index (χ4n) is 1.61. The lowest BCUT2D eigenvalue weighted by Gasteiger charge is -2.13. The molecule has 0 saturated carbocycles. The fourth-order valence-corrected chi connectivity index (χ4v) is 2.93. The van der Waals surface area contributed by atoms with Crippen molar-refractivity contribution in [2.75, 3.05) is 17.6 Å². The van der Waals surface area contributed by atoms with Gasteiger partial charge in [-0.3, -0.25) is 4.72 Å². The molecule has 0 aromatic heterocycles. The lowest BCUT2D eigenvalue weighted by Crippen LogP contribution is -2.25. The van der Waals surface area contributed by atoms with Gasteiger partial charge in [-0.15, -0.1) is 0 Å². The molecule has 0 bridgehead atoms. The molecule has 0 amide bonds. The number of phenols is 1. The predicted octanol–water partition coefficient (Wildman–Crippen LogP) is 1.79. The van der Waals surface area contributed by atoms with E-state index >= 15 is 0 Å². The van der Waals surface area contributed by atoms with Crippen molar-refractivity contribution in [1.82, 2.24) is 0 Å². The topological polar surface area (TPSA) is 75.6 Å². The lowest BCUT2D eigenvalue weighted by atomic mass is 10.1. The Hall–Kier alpha value is -1.27. The van der Waals surface area contributed by atoms with Gasteiger partial charge in [-0.05, 0) is 44.0 Å². The average molecular weight is 273 g/mol. The van der Waals surface area contributed by atoms with Crippen LogP contribution < -0.4 is 4.72 Å². The maximum absolute atomic E-state index is 11.8. The molecule has 0 spiro atoms. The summed E-state index contributed by atoms with van der Waals surface area (Å²) in [7, 11) is -1.98. The SMILES string of the molecule is CO[C@H](C)CS(=O)(=O)Nc1cc(C)c(O)c(C)c1. The molecule has 1 aromatic carbocycles. The highest BCUT2D eigenvalue weighted by Gasteiger charge is 2.16. The van der Waals surface area contributed by atoms with Gasteiger partial charge in [0.25, 0.3) is 0 Å². The molecule has 5 nitrogen and oxygen atoms in total. The smallest absolute Gasteiger partial charge is 0.235 e. The van der Waals surface area contributed by atoms with Crippen LogP contribution in [0.4, 0.5) is 5.69 Å². The van der Waals surface area contributed by atoms with E-state index in [0.717, 1.165) is 0 Å². The molecule has 2 N–H and O–H groups in total. The molecule has 102 valence electrons. The highest BCUT2D eigenvalue weighted by molar-refractivity contribution is 7.92. The number of hydrogen-bond donors (Lipinski definition) is 2. The molecule has 0 aliphatic carbocycles. The normalized spacial score (nSPS) is 13.3. The molecule has 0 unspecified atom stereocenters. The van der Waals surface area contributed by atoms with Crippen LogP contribution in [0.15, 0.2) is 12.1 Å². The Labute approximate surface area is 108 Å². The predicted molar refractivity (Wildman–Crippen MR) is 71.5 cm³/mol. The van der Waals surface area contributed by atoms with Crippen molar-refractivity contribution in [2.24, 2.45) is 0 Å². The van der Waals surface area contributed by atoms with E-state index in [1.807, 2.05) is 0 Å². The lowest BCUT2D eigenvalue weighted by molar-refractivity contribution is 0.136. The number of anilines is 1. The van der Waals surface area contributed by atoms with Gasteiger partial charge in [0.1, 0.15) is 5.75 Å². The second-order valence-corrected chi connectivity index (χ2v) is 6.16. The molecule has 0 heterocycles. The van der Waals surface area contributed by atoms with E-state index in [4.69, 9.17) is 4.74 Å². The van der Waals surface area contributed by atoms with Crippen molar-refractivity contribution >= 4 is 15.7 Å². The Morgan fingerprint density at radius 3 is 2.28 bits per heavy atom. The van der Waals surface area contributed by atoms with Crippen LogP contribution in [0.5, 0.6) is 5.75 Å². The van der Waals surface area contributed by atoms with Crippen LogP contribution in [-0.2, 0) is 14.8 Å². The summed E-state index contributed by atoms with van der Waals surface area (Å²) in [5.41, 5.74) is 1.71. The van der Waals surface area contributed by atoms with E-state index in [1.165, 1.54) is 7.11 Å². The molecule has 0 aliphatic rings. The molecule has 6 heteroatoms. The quantitative estimate of drug-likeness (QED) is 0.802. The maximum Gasteiger partial charge on any atom is 0.235 e. The zero-order valence-electron chi connectivity index (χ0n) is 11.0. The number of methoxy groups -OCH3 is 1. The van der Waals surface area contributed by atoms with Crippen molar-refractivity contribution < 1.29 is 18.3 Å². The van der Waals surface area contributed by atoms with Crippen LogP contribution in [-0.4, -0.2) is 32.5 Å². The summed E-state index contributed by atoms with van der Waals surface area (Å²) in [4.78, 5) is 0. The summed E-state index contributed by atoms with van der Waals surface area (Å²) in [6.07, 6.45) is -0.373. The van der Waals surface area contributed by atoms with Gasteiger partial charge in [-0.2, -0.15) is 0 Å². The maximum atomic E-state index is 11.8. The molecule has 0 aliphatic heterocycles. The zero-order chi connectivity index (χ0) is 13.9. The second-order valence-electron chi connectivity index (χ2n) is 4.39. The Morgan fingerprint density at radius 2 is 1.83 bits per heavy atom. The van der Waals surface area contributed by atoms with Crippen molar-refractivity contribution in [1.29, 1.82) is 0 Å². The third-order valence-electron chi connectivity index (χ3n) is 2.62. The number of nitrogens with one attached hydrogen (secondary N) is 1. The minimum atomic E-state index is -3.45. The molecule has 1 aromatic rings. The summed E-state index contributed by atoms with van der Waals surface area (Å²) < 4.78 is 31.1. The van der Waals surface area contributed by atoms with Crippen molar-refractivity contribution in [3.05, 3.63) is 23.3 Å². The van der Waals surface area contributed by atoms with E-state index in [1.54, 1.807) is 32.9 Å². The Balaban J connectivity index is 2.91. The zero-order valence-corrected chi connectivity index (χ0v) is 11.8. The van der Waals surface area contributed by atoms with Gasteiger partial charge in [-0.25, -0.2) is 8.42 Å². The number of phenolic OH excluding ortho intramolecular Hbond substituents is 1. The average Bonchev–Trinajstić information content (AvgIpc) is 2.24. The first kappa shape index (κ1) is 14.8. The third kappa shape index (κ3) is 3.89. The molecule has 1 rings (SSSR count). The highest BCUT2D eigenvalue weighted by Crippen LogP contribution is 2.26. The number of ether oxygens (including phenoxy) is 1. The molecule has 0 radical (unpaired) electrons. The third-order valence-corrected chi connectivity index (χ3v) is 4.08. The molecule has 1 atom stereocenters. The number of hydrogen-bond acceptors (Lipinski definition) is 4. The van der Waals surface area contributed by atoms with Crippen LogP contribution in [0, 0.1) is 13.8 Å². The van der Waals surface area contributed by atoms with Gasteiger partial charge in [0.05, 0.1) is 11.9 Å². The van der Waals surface area contributed by atoms with Crippen molar-refractivity contribution in [3.8, 4) is 5.75 Å². The van der Waals surface area contributed by atoms with E-state index in [9.17, 15) is 13.5 Å². The molecule has 0 saturated heterocycles. The molecular formula is C12H19NO4S. The van der Waals surface area contributed by atoms with Gasteiger partial charge in [-0.1, -0.05) is 0 Å². The second kappa shape index (κ2) is 5.58. The number of rotatable bonds is 5. The van der Waals surface area contributed by atoms with E-state index in [0.29, 0.717) is 16.8 Å². The first-order valence-corrected chi connectivity index (χ1v) is 7.24. The number of aryl methyl sites for hydroxylation is 2. The Bertz CT molecular complexity index is 502. The monoisotopic (exact) mass is 273 g/mol. The summed E-state index contributed by atoms with van der Waals surface area (Å²) in [5.74, 6) is 0.0749. The van der Waals surface area contributed by atoms with E-state index in [2.05, 4.69) is 4.72 Å².